The highest BCUT2D eigenvalue weighted by atomic mass is 32.2. The first-order valence-corrected chi connectivity index (χ1v) is 9.97. The lowest BCUT2D eigenvalue weighted by Crippen LogP contribution is -2.48. The van der Waals surface area contributed by atoms with Crippen molar-refractivity contribution in [3.63, 3.8) is 0 Å². The van der Waals surface area contributed by atoms with E-state index in [2.05, 4.69) is 36.1 Å². The van der Waals surface area contributed by atoms with Gasteiger partial charge in [0, 0.05) is 28.7 Å². The van der Waals surface area contributed by atoms with Crippen LogP contribution in [0.3, 0.4) is 0 Å². The van der Waals surface area contributed by atoms with Crippen LogP contribution < -0.4 is 0 Å². The van der Waals surface area contributed by atoms with E-state index >= 15 is 0 Å². The molecule has 4 heteroatoms. The van der Waals surface area contributed by atoms with E-state index in [1.807, 2.05) is 11.8 Å². The van der Waals surface area contributed by atoms with Gasteiger partial charge in [0.2, 0.25) is 0 Å². The lowest BCUT2D eigenvalue weighted by atomic mass is 9.77. The van der Waals surface area contributed by atoms with Crippen molar-refractivity contribution in [3.05, 3.63) is 41.5 Å². The Labute approximate surface area is 147 Å². The summed E-state index contributed by atoms with van der Waals surface area (Å²) in [6, 6.07) is 9.79. The number of carbonyl (C=O) groups is 1. The monoisotopic (exact) mass is 341 g/mol. The van der Waals surface area contributed by atoms with Crippen molar-refractivity contribution in [2.24, 2.45) is 0 Å². The first kappa shape index (κ1) is 15.0. The van der Waals surface area contributed by atoms with E-state index in [-0.39, 0.29) is 11.6 Å². The molecule has 1 unspecified atom stereocenters. The molecule has 3 heterocycles. The molecule has 1 aliphatic carbocycles. The first-order valence-electron chi connectivity index (χ1n) is 9.09. The Morgan fingerprint density at radius 1 is 1.25 bits per heavy atom. The number of hydrogen-bond donors (Lipinski definition) is 0. The van der Waals surface area contributed by atoms with Gasteiger partial charge < -0.3 is 4.74 Å². The van der Waals surface area contributed by atoms with Crippen molar-refractivity contribution in [2.45, 2.75) is 66.9 Å². The lowest BCUT2D eigenvalue weighted by Gasteiger charge is -2.38. The van der Waals surface area contributed by atoms with Gasteiger partial charge in [-0.1, -0.05) is 24.1 Å². The summed E-state index contributed by atoms with van der Waals surface area (Å²) in [5.41, 5.74) is 2.28. The Morgan fingerprint density at radius 3 is 2.92 bits per heavy atom. The van der Waals surface area contributed by atoms with Crippen LogP contribution in [0.4, 0.5) is 0 Å². The van der Waals surface area contributed by atoms with Crippen molar-refractivity contribution in [2.75, 3.05) is 6.54 Å². The summed E-state index contributed by atoms with van der Waals surface area (Å²) >= 11 is 1.99. The standard InChI is InChI=1S/C20H23NO2S/c1-13-5-7-15(8-6-13)24-17-10-14-11-19(22)23-20(14)12-16(17)21-9-3-2-4-18(20)21/h5-8,11,16-18H,2-4,9-10,12H2,1H3/t16-,17?,18+,20-/m0/s1. The van der Waals surface area contributed by atoms with E-state index in [1.165, 1.54) is 35.3 Å². The fourth-order valence-electron chi connectivity index (χ4n) is 5.25. The highest BCUT2D eigenvalue weighted by molar-refractivity contribution is 8.00. The number of fused-ring (bicyclic) bond motifs is 3. The number of piperidine rings is 1. The van der Waals surface area contributed by atoms with Crippen molar-refractivity contribution in [3.8, 4) is 0 Å². The molecule has 126 valence electrons. The number of rotatable bonds is 2. The molecular weight excluding hydrogens is 318 g/mol. The molecule has 1 saturated carbocycles. The number of carbonyl (C=O) groups excluding carboxylic acids is 1. The average Bonchev–Trinajstić information content (AvgIpc) is 3.06. The second-order valence-corrected chi connectivity index (χ2v) is 8.99. The van der Waals surface area contributed by atoms with Crippen molar-refractivity contribution in [1.29, 1.82) is 0 Å². The third kappa shape index (κ3) is 2.12. The van der Waals surface area contributed by atoms with Crippen molar-refractivity contribution in [1.82, 2.24) is 4.90 Å². The molecule has 2 bridgehead atoms. The molecule has 2 saturated heterocycles. The largest absolute Gasteiger partial charge is 0.450 e. The van der Waals surface area contributed by atoms with Crippen molar-refractivity contribution < 1.29 is 9.53 Å². The van der Waals surface area contributed by atoms with Gasteiger partial charge >= 0.3 is 5.97 Å². The third-order valence-electron chi connectivity index (χ3n) is 6.30. The highest BCUT2D eigenvalue weighted by Gasteiger charge is 2.63. The van der Waals surface area contributed by atoms with Crippen LogP contribution in [-0.4, -0.2) is 40.3 Å². The van der Waals surface area contributed by atoms with Gasteiger partial charge in [0.1, 0.15) is 0 Å². The molecule has 1 aromatic carbocycles. The number of benzene rings is 1. The normalized spacial score (nSPS) is 37.6. The van der Waals surface area contributed by atoms with Gasteiger partial charge in [0.05, 0.1) is 6.04 Å². The van der Waals surface area contributed by atoms with Crippen LogP contribution in [0.25, 0.3) is 0 Å². The molecule has 3 aliphatic heterocycles. The molecule has 4 aliphatic rings. The summed E-state index contributed by atoms with van der Waals surface area (Å²) < 4.78 is 5.95. The summed E-state index contributed by atoms with van der Waals surface area (Å²) in [6.07, 6.45) is 7.50. The molecule has 3 nitrogen and oxygen atoms in total. The van der Waals surface area contributed by atoms with Crippen LogP contribution in [-0.2, 0) is 9.53 Å². The van der Waals surface area contributed by atoms with Gasteiger partial charge in [-0.25, -0.2) is 4.79 Å². The second kappa shape index (κ2) is 5.37. The maximum atomic E-state index is 12.0. The molecule has 3 fully saturated rings. The minimum Gasteiger partial charge on any atom is -0.450 e. The van der Waals surface area contributed by atoms with E-state index in [0.717, 1.165) is 19.4 Å². The summed E-state index contributed by atoms with van der Waals surface area (Å²) in [7, 11) is 0. The third-order valence-corrected chi connectivity index (χ3v) is 7.63. The number of ether oxygens (including phenoxy) is 1. The van der Waals surface area contributed by atoms with E-state index < -0.39 is 0 Å². The van der Waals surface area contributed by atoms with E-state index in [4.69, 9.17) is 4.74 Å². The lowest BCUT2D eigenvalue weighted by molar-refractivity contribution is -0.148. The predicted octanol–water partition coefficient (Wildman–Crippen LogP) is 3.71. The fourth-order valence-corrected chi connectivity index (χ4v) is 6.57. The van der Waals surface area contributed by atoms with E-state index in [1.54, 1.807) is 6.08 Å². The molecular formula is C20H23NO2S. The number of nitrogens with zero attached hydrogens (tertiary/aromatic N) is 1. The van der Waals surface area contributed by atoms with Gasteiger partial charge in [-0.05, 0) is 50.4 Å². The molecule has 24 heavy (non-hydrogen) atoms. The highest BCUT2D eigenvalue weighted by Crippen LogP contribution is 2.56. The minimum absolute atomic E-state index is 0.114. The summed E-state index contributed by atoms with van der Waals surface area (Å²) in [4.78, 5) is 16.1. The zero-order valence-corrected chi connectivity index (χ0v) is 14.8. The molecule has 0 aromatic heterocycles. The Bertz CT molecular complexity index is 713. The van der Waals surface area contributed by atoms with Crippen LogP contribution in [0.2, 0.25) is 0 Å². The van der Waals surface area contributed by atoms with Gasteiger partial charge in [0.15, 0.2) is 5.60 Å². The topological polar surface area (TPSA) is 29.5 Å². The first-order chi connectivity index (χ1) is 11.7. The Hall–Kier alpha value is -1.26. The average molecular weight is 341 g/mol. The molecule has 5 rings (SSSR count). The Balaban J connectivity index is 1.48. The predicted molar refractivity (Wildman–Crippen MR) is 95.1 cm³/mol. The van der Waals surface area contributed by atoms with Gasteiger partial charge in [-0.2, -0.15) is 0 Å². The molecule has 1 spiro atoms. The van der Waals surface area contributed by atoms with E-state index in [9.17, 15) is 4.79 Å². The van der Waals surface area contributed by atoms with Gasteiger partial charge in [-0.3, -0.25) is 4.90 Å². The second-order valence-electron chi connectivity index (χ2n) is 7.67. The number of esters is 1. The molecule has 0 N–H and O–H groups in total. The van der Waals surface area contributed by atoms with Crippen LogP contribution in [0, 0.1) is 6.92 Å². The van der Waals surface area contributed by atoms with Crippen LogP contribution >= 0.6 is 11.8 Å². The van der Waals surface area contributed by atoms with Gasteiger partial charge in [0.25, 0.3) is 0 Å². The zero-order chi connectivity index (χ0) is 16.3. The summed E-state index contributed by atoms with van der Waals surface area (Å²) in [6.45, 7) is 3.29. The van der Waals surface area contributed by atoms with Crippen LogP contribution in [0.15, 0.2) is 40.8 Å². The number of hydrogen-bond acceptors (Lipinski definition) is 4. The van der Waals surface area contributed by atoms with Gasteiger partial charge in [-0.15, -0.1) is 11.8 Å². The van der Waals surface area contributed by atoms with Crippen LogP contribution in [0.1, 0.15) is 37.7 Å². The number of aryl methyl sites for hydroxylation is 1. The fraction of sp³-hybridized carbons (Fsp3) is 0.550. The Kier molecular flexibility index (Phi) is 3.36. The molecule has 4 atom stereocenters. The summed E-state index contributed by atoms with van der Waals surface area (Å²) in [5, 5.41) is 0.518. The molecule has 0 amide bonds. The number of thioether (sulfide) groups is 1. The molecule has 0 radical (unpaired) electrons. The van der Waals surface area contributed by atoms with Crippen molar-refractivity contribution >= 4 is 17.7 Å². The van der Waals surface area contributed by atoms with Crippen LogP contribution in [0.5, 0.6) is 0 Å². The zero-order valence-electron chi connectivity index (χ0n) is 14.0. The maximum absolute atomic E-state index is 12.0. The SMILES string of the molecule is Cc1ccc(SC2CC3=CC(=O)O[C@@]34C[C@@H]2N2CCCC[C@@H]24)cc1. The quantitative estimate of drug-likeness (QED) is 0.767. The summed E-state index contributed by atoms with van der Waals surface area (Å²) in [5.74, 6) is -0.114. The Morgan fingerprint density at radius 2 is 2.08 bits per heavy atom. The smallest absolute Gasteiger partial charge is 0.331 e. The maximum Gasteiger partial charge on any atom is 0.331 e. The minimum atomic E-state index is -0.285. The van der Waals surface area contributed by atoms with E-state index in [0.29, 0.717) is 17.3 Å². The molecule has 1 aromatic rings.